The quantitative estimate of drug-likeness (QED) is 0.540. The minimum Gasteiger partial charge on any atom is -0.496 e. The zero-order valence-electron chi connectivity index (χ0n) is 13.5. The Morgan fingerprint density at radius 1 is 1.19 bits per heavy atom. The standard InChI is InChI=1S/C18H26BrClO/c1-18(2,3)13-7-5-12(6-8-13)17(19)15-11-14(20)9-10-16(15)21-4/h9-13,17H,5-8H2,1-4H3. The van der Waals surface area contributed by atoms with Crippen molar-refractivity contribution in [3.05, 3.63) is 28.8 Å². The van der Waals surface area contributed by atoms with Crippen LogP contribution in [0.3, 0.4) is 0 Å². The number of halogens is 2. The summed E-state index contributed by atoms with van der Waals surface area (Å²) in [6.45, 7) is 7.09. The van der Waals surface area contributed by atoms with Gasteiger partial charge in [0, 0.05) is 15.4 Å². The van der Waals surface area contributed by atoms with Crippen LogP contribution in [0.2, 0.25) is 5.02 Å². The fourth-order valence-corrected chi connectivity index (χ4v) is 4.52. The van der Waals surface area contributed by atoms with E-state index in [1.54, 1.807) is 7.11 Å². The summed E-state index contributed by atoms with van der Waals surface area (Å²) in [5.74, 6) is 2.44. The second-order valence-electron chi connectivity index (χ2n) is 7.27. The van der Waals surface area contributed by atoms with Gasteiger partial charge in [-0.15, -0.1) is 0 Å². The second-order valence-corrected chi connectivity index (χ2v) is 8.69. The Morgan fingerprint density at radius 2 is 1.81 bits per heavy atom. The lowest BCUT2D eigenvalue weighted by Gasteiger charge is -2.38. The fourth-order valence-electron chi connectivity index (χ4n) is 3.45. The minimum absolute atomic E-state index is 0.326. The molecule has 1 unspecified atom stereocenters. The number of hydrogen-bond donors (Lipinski definition) is 0. The third kappa shape index (κ3) is 4.16. The molecule has 0 spiro atoms. The highest BCUT2D eigenvalue weighted by Crippen LogP contribution is 2.48. The van der Waals surface area contributed by atoms with Gasteiger partial charge >= 0.3 is 0 Å². The van der Waals surface area contributed by atoms with E-state index in [2.05, 4.69) is 36.7 Å². The predicted molar refractivity (Wildman–Crippen MR) is 94.6 cm³/mol. The first-order valence-corrected chi connectivity index (χ1v) is 9.09. The predicted octanol–water partition coefficient (Wildman–Crippen LogP) is 6.64. The van der Waals surface area contributed by atoms with Crippen molar-refractivity contribution in [2.24, 2.45) is 17.3 Å². The topological polar surface area (TPSA) is 9.23 Å². The van der Waals surface area contributed by atoms with Crippen LogP contribution in [0.5, 0.6) is 5.75 Å². The van der Waals surface area contributed by atoms with Crippen LogP contribution in [0.1, 0.15) is 56.8 Å². The Bertz CT molecular complexity index is 473. The summed E-state index contributed by atoms with van der Waals surface area (Å²) in [4.78, 5) is 0.326. The summed E-state index contributed by atoms with van der Waals surface area (Å²) in [5, 5.41) is 0.777. The van der Waals surface area contributed by atoms with Gasteiger partial charge in [0.1, 0.15) is 5.75 Å². The van der Waals surface area contributed by atoms with Crippen LogP contribution in [0.4, 0.5) is 0 Å². The van der Waals surface area contributed by atoms with Gasteiger partial charge in [-0.2, -0.15) is 0 Å². The third-order valence-electron chi connectivity index (χ3n) is 4.90. The molecule has 0 heterocycles. The molecule has 0 saturated heterocycles. The summed E-state index contributed by atoms with van der Waals surface area (Å²) in [5.41, 5.74) is 1.62. The highest BCUT2D eigenvalue weighted by atomic mass is 79.9. The lowest BCUT2D eigenvalue weighted by molar-refractivity contribution is 0.149. The van der Waals surface area contributed by atoms with Gasteiger partial charge in [-0.25, -0.2) is 0 Å². The Kier molecular flexibility index (Phi) is 5.65. The molecule has 118 valence electrons. The number of benzene rings is 1. The van der Waals surface area contributed by atoms with Gasteiger partial charge in [-0.1, -0.05) is 48.3 Å². The molecule has 1 aliphatic carbocycles. The largest absolute Gasteiger partial charge is 0.496 e. The van der Waals surface area contributed by atoms with Gasteiger partial charge in [0.25, 0.3) is 0 Å². The average Bonchev–Trinajstić information content (AvgIpc) is 2.45. The van der Waals surface area contributed by atoms with Crippen molar-refractivity contribution in [3.63, 3.8) is 0 Å². The maximum Gasteiger partial charge on any atom is 0.123 e. The summed E-state index contributed by atoms with van der Waals surface area (Å²) < 4.78 is 5.50. The van der Waals surface area contributed by atoms with Gasteiger partial charge in [0.05, 0.1) is 7.11 Å². The highest BCUT2D eigenvalue weighted by molar-refractivity contribution is 9.09. The summed E-state index contributed by atoms with van der Waals surface area (Å²) in [7, 11) is 1.73. The normalized spacial score (nSPS) is 24.7. The van der Waals surface area contributed by atoms with E-state index in [1.165, 1.54) is 31.2 Å². The molecular formula is C18H26BrClO. The van der Waals surface area contributed by atoms with Gasteiger partial charge in [-0.3, -0.25) is 0 Å². The first kappa shape index (κ1) is 17.1. The molecule has 0 amide bonds. The van der Waals surface area contributed by atoms with Crippen molar-refractivity contribution < 1.29 is 4.74 Å². The van der Waals surface area contributed by atoms with Crippen molar-refractivity contribution in [2.75, 3.05) is 7.11 Å². The van der Waals surface area contributed by atoms with Crippen LogP contribution in [0.15, 0.2) is 18.2 Å². The van der Waals surface area contributed by atoms with Gasteiger partial charge in [0.15, 0.2) is 0 Å². The van der Waals surface area contributed by atoms with E-state index >= 15 is 0 Å². The number of ether oxygens (including phenoxy) is 1. The van der Waals surface area contributed by atoms with E-state index in [9.17, 15) is 0 Å². The van der Waals surface area contributed by atoms with E-state index in [0.29, 0.717) is 16.2 Å². The fraction of sp³-hybridized carbons (Fsp3) is 0.667. The van der Waals surface area contributed by atoms with E-state index in [1.807, 2.05) is 18.2 Å². The zero-order chi connectivity index (χ0) is 15.6. The van der Waals surface area contributed by atoms with Crippen LogP contribution in [0, 0.1) is 17.3 Å². The van der Waals surface area contributed by atoms with Crippen LogP contribution >= 0.6 is 27.5 Å². The van der Waals surface area contributed by atoms with Crippen LogP contribution in [-0.4, -0.2) is 7.11 Å². The van der Waals surface area contributed by atoms with Crippen LogP contribution in [-0.2, 0) is 0 Å². The van der Waals surface area contributed by atoms with Crippen molar-refractivity contribution in [3.8, 4) is 5.75 Å². The third-order valence-corrected chi connectivity index (χ3v) is 6.38. The van der Waals surface area contributed by atoms with E-state index in [-0.39, 0.29) is 0 Å². The molecule has 0 N–H and O–H groups in total. The van der Waals surface area contributed by atoms with Gasteiger partial charge < -0.3 is 4.74 Å². The molecule has 1 aromatic rings. The van der Waals surface area contributed by atoms with Crippen LogP contribution < -0.4 is 4.74 Å². The Labute approximate surface area is 142 Å². The Morgan fingerprint density at radius 3 is 2.33 bits per heavy atom. The minimum atomic E-state index is 0.326. The number of alkyl halides is 1. The molecule has 1 atom stereocenters. The number of methoxy groups -OCH3 is 1. The molecule has 0 aliphatic heterocycles. The van der Waals surface area contributed by atoms with E-state index in [0.717, 1.165) is 16.7 Å². The van der Waals surface area contributed by atoms with Crippen molar-refractivity contribution in [1.29, 1.82) is 0 Å². The van der Waals surface area contributed by atoms with Gasteiger partial charge in [-0.05, 0) is 61.1 Å². The summed E-state index contributed by atoms with van der Waals surface area (Å²) in [6.07, 6.45) is 5.18. The first-order chi connectivity index (χ1) is 9.82. The molecule has 1 aromatic carbocycles. The summed E-state index contributed by atoms with van der Waals surface area (Å²) >= 11 is 10.1. The molecule has 1 fully saturated rings. The average molecular weight is 374 g/mol. The van der Waals surface area contributed by atoms with Crippen LogP contribution in [0.25, 0.3) is 0 Å². The highest BCUT2D eigenvalue weighted by Gasteiger charge is 2.33. The lowest BCUT2D eigenvalue weighted by Crippen LogP contribution is -2.27. The van der Waals surface area contributed by atoms with Crippen molar-refractivity contribution in [1.82, 2.24) is 0 Å². The lowest BCUT2D eigenvalue weighted by atomic mass is 9.69. The maximum absolute atomic E-state index is 6.16. The van der Waals surface area contributed by atoms with Crippen molar-refractivity contribution >= 4 is 27.5 Å². The molecule has 2 rings (SSSR count). The zero-order valence-corrected chi connectivity index (χ0v) is 15.8. The number of hydrogen-bond acceptors (Lipinski definition) is 1. The molecule has 21 heavy (non-hydrogen) atoms. The molecule has 0 radical (unpaired) electrons. The smallest absolute Gasteiger partial charge is 0.123 e. The maximum atomic E-state index is 6.16. The molecular weight excluding hydrogens is 348 g/mol. The monoisotopic (exact) mass is 372 g/mol. The van der Waals surface area contributed by atoms with E-state index in [4.69, 9.17) is 16.3 Å². The molecule has 1 saturated carbocycles. The van der Waals surface area contributed by atoms with E-state index < -0.39 is 0 Å². The second kappa shape index (κ2) is 6.91. The number of rotatable bonds is 3. The van der Waals surface area contributed by atoms with Crippen molar-refractivity contribution in [2.45, 2.75) is 51.3 Å². The Hall–Kier alpha value is -0.210. The Balaban J connectivity index is 2.08. The molecule has 1 aliphatic rings. The first-order valence-electron chi connectivity index (χ1n) is 7.80. The summed E-state index contributed by atoms with van der Waals surface area (Å²) in [6, 6.07) is 5.89. The van der Waals surface area contributed by atoms with Gasteiger partial charge in [0.2, 0.25) is 0 Å². The molecule has 0 bridgehead atoms. The molecule has 1 nitrogen and oxygen atoms in total. The molecule has 0 aromatic heterocycles. The SMILES string of the molecule is COc1ccc(Cl)cc1C(Br)C1CCC(C(C)(C)C)CC1. The molecule has 3 heteroatoms.